The van der Waals surface area contributed by atoms with E-state index < -0.39 is 10.2 Å². The highest BCUT2D eigenvalue weighted by atomic mass is 32.2. The van der Waals surface area contributed by atoms with Crippen molar-refractivity contribution in [3.8, 4) is 0 Å². The van der Waals surface area contributed by atoms with Gasteiger partial charge in [-0.25, -0.2) is 4.72 Å². The Labute approximate surface area is 109 Å². The predicted molar refractivity (Wildman–Crippen MR) is 70.3 cm³/mol. The lowest BCUT2D eigenvalue weighted by molar-refractivity contribution is 0.320. The minimum absolute atomic E-state index is 0.585. The monoisotopic (exact) mass is 273 g/mol. The largest absolute Gasteiger partial charge is 0.314 e. The van der Waals surface area contributed by atoms with Crippen LogP contribution in [0.3, 0.4) is 0 Å². The van der Waals surface area contributed by atoms with Crippen LogP contribution in [0.5, 0.6) is 0 Å². The molecule has 3 fully saturated rings. The Bertz CT molecular complexity index is 392. The number of nitrogens with one attached hydrogen (secondary N) is 2. The van der Waals surface area contributed by atoms with Crippen LogP contribution < -0.4 is 10.0 Å². The standard InChI is InChI=1S/C12H23N3O2S/c16-18(17,15-5-3-13-4-6-15)14-9-12-8-10-1-2-11(12)7-10/h10-14H,1-9H2. The van der Waals surface area contributed by atoms with Gasteiger partial charge in [-0.15, -0.1) is 0 Å². The van der Waals surface area contributed by atoms with Gasteiger partial charge in [-0.05, 0) is 37.0 Å². The van der Waals surface area contributed by atoms with E-state index in [-0.39, 0.29) is 0 Å². The third-order valence-electron chi connectivity index (χ3n) is 4.83. The summed E-state index contributed by atoms with van der Waals surface area (Å²) in [5, 5.41) is 3.17. The number of rotatable bonds is 4. The smallest absolute Gasteiger partial charge is 0.279 e. The van der Waals surface area contributed by atoms with Crippen molar-refractivity contribution in [1.29, 1.82) is 0 Å². The Hall–Kier alpha value is -0.170. The Morgan fingerprint density at radius 2 is 1.94 bits per heavy atom. The molecule has 1 saturated heterocycles. The topological polar surface area (TPSA) is 61.4 Å². The van der Waals surface area contributed by atoms with Crippen LogP contribution in [-0.4, -0.2) is 45.4 Å². The van der Waals surface area contributed by atoms with Crippen LogP contribution >= 0.6 is 0 Å². The number of nitrogens with zero attached hydrogens (tertiary/aromatic N) is 1. The van der Waals surface area contributed by atoms with Crippen molar-refractivity contribution in [2.24, 2.45) is 17.8 Å². The van der Waals surface area contributed by atoms with Gasteiger partial charge in [0.2, 0.25) is 0 Å². The second-order valence-electron chi connectivity index (χ2n) is 5.94. The second-order valence-corrected chi connectivity index (χ2v) is 7.69. The molecule has 18 heavy (non-hydrogen) atoms. The minimum Gasteiger partial charge on any atom is -0.314 e. The van der Waals surface area contributed by atoms with Gasteiger partial charge in [0, 0.05) is 32.7 Å². The zero-order valence-corrected chi connectivity index (χ0v) is 11.6. The van der Waals surface area contributed by atoms with Crippen LogP contribution in [0.2, 0.25) is 0 Å². The fourth-order valence-electron chi connectivity index (χ4n) is 3.81. The van der Waals surface area contributed by atoms with E-state index in [2.05, 4.69) is 10.0 Å². The van der Waals surface area contributed by atoms with Crippen LogP contribution in [0.25, 0.3) is 0 Å². The molecule has 0 amide bonds. The molecule has 6 heteroatoms. The first kappa shape index (κ1) is 12.8. The summed E-state index contributed by atoms with van der Waals surface area (Å²) < 4.78 is 28.7. The molecule has 2 saturated carbocycles. The van der Waals surface area contributed by atoms with E-state index in [9.17, 15) is 8.42 Å². The molecule has 3 aliphatic rings. The van der Waals surface area contributed by atoms with Crippen molar-refractivity contribution in [3.63, 3.8) is 0 Å². The van der Waals surface area contributed by atoms with Gasteiger partial charge in [-0.1, -0.05) is 6.42 Å². The van der Waals surface area contributed by atoms with E-state index in [1.54, 1.807) is 4.31 Å². The molecule has 2 aliphatic carbocycles. The Balaban J connectivity index is 1.52. The molecule has 1 aliphatic heterocycles. The van der Waals surface area contributed by atoms with Gasteiger partial charge in [0.25, 0.3) is 10.2 Å². The van der Waals surface area contributed by atoms with Crippen LogP contribution in [-0.2, 0) is 10.2 Å². The molecule has 0 radical (unpaired) electrons. The fraction of sp³-hybridized carbons (Fsp3) is 1.00. The lowest BCUT2D eigenvalue weighted by Gasteiger charge is -2.28. The molecule has 0 spiro atoms. The number of fused-ring (bicyclic) bond motifs is 2. The predicted octanol–water partition coefficient (Wildman–Crippen LogP) is 0.162. The number of hydrogen-bond acceptors (Lipinski definition) is 3. The first-order valence-corrected chi connectivity index (χ1v) is 8.54. The van der Waals surface area contributed by atoms with E-state index in [0.29, 0.717) is 25.6 Å². The van der Waals surface area contributed by atoms with Gasteiger partial charge in [0.15, 0.2) is 0 Å². The quantitative estimate of drug-likeness (QED) is 0.767. The molecule has 3 unspecified atom stereocenters. The first-order valence-electron chi connectivity index (χ1n) is 7.10. The summed E-state index contributed by atoms with van der Waals surface area (Å²) in [5.41, 5.74) is 0. The summed E-state index contributed by atoms with van der Waals surface area (Å²) in [7, 11) is -3.24. The van der Waals surface area contributed by atoms with E-state index in [0.717, 1.165) is 24.9 Å². The summed E-state index contributed by atoms with van der Waals surface area (Å²) in [5.74, 6) is 2.24. The van der Waals surface area contributed by atoms with Crippen LogP contribution in [0, 0.1) is 17.8 Å². The molecule has 2 bridgehead atoms. The maximum absolute atomic E-state index is 12.1. The molecule has 3 rings (SSSR count). The van der Waals surface area contributed by atoms with E-state index >= 15 is 0 Å². The van der Waals surface area contributed by atoms with E-state index in [1.165, 1.54) is 25.7 Å². The van der Waals surface area contributed by atoms with Crippen molar-refractivity contribution < 1.29 is 8.42 Å². The maximum atomic E-state index is 12.1. The third kappa shape index (κ3) is 2.57. The van der Waals surface area contributed by atoms with E-state index in [1.807, 2.05) is 0 Å². The zero-order valence-electron chi connectivity index (χ0n) is 10.8. The SMILES string of the molecule is O=S(=O)(NCC1CC2CCC1C2)N1CCNCC1. The number of hydrogen-bond donors (Lipinski definition) is 2. The van der Waals surface area contributed by atoms with Gasteiger partial charge in [-0.2, -0.15) is 12.7 Å². The molecule has 2 N–H and O–H groups in total. The van der Waals surface area contributed by atoms with Crippen LogP contribution in [0.15, 0.2) is 0 Å². The summed E-state index contributed by atoms with van der Waals surface area (Å²) >= 11 is 0. The lowest BCUT2D eigenvalue weighted by atomic mass is 9.89. The molecule has 104 valence electrons. The average molecular weight is 273 g/mol. The van der Waals surface area contributed by atoms with Crippen LogP contribution in [0.4, 0.5) is 0 Å². The fourth-order valence-corrected chi connectivity index (χ4v) is 5.09. The Morgan fingerprint density at radius 1 is 1.17 bits per heavy atom. The Kier molecular flexibility index (Phi) is 3.62. The van der Waals surface area contributed by atoms with Gasteiger partial charge in [0.05, 0.1) is 0 Å². The zero-order chi connectivity index (χ0) is 12.6. The van der Waals surface area contributed by atoms with Crippen molar-refractivity contribution >= 4 is 10.2 Å². The average Bonchev–Trinajstić information content (AvgIpc) is 3.00. The maximum Gasteiger partial charge on any atom is 0.279 e. The molecule has 5 nitrogen and oxygen atoms in total. The molecule has 0 aromatic rings. The van der Waals surface area contributed by atoms with Gasteiger partial charge < -0.3 is 5.32 Å². The first-order chi connectivity index (χ1) is 8.65. The third-order valence-corrected chi connectivity index (χ3v) is 6.40. The summed E-state index contributed by atoms with van der Waals surface area (Å²) in [6.45, 7) is 3.34. The molecule has 0 aromatic heterocycles. The highest BCUT2D eigenvalue weighted by Crippen LogP contribution is 2.47. The molecular weight excluding hydrogens is 250 g/mol. The highest BCUT2D eigenvalue weighted by Gasteiger charge is 2.39. The van der Waals surface area contributed by atoms with Crippen molar-refractivity contribution in [2.45, 2.75) is 25.7 Å². The lowest BCUT2D eigenvalue weighted by Crippen LogP contribution is -2.51. The summed E-state index contributed by atoms with van der Waals surface area (Å²) in [4.78, 5) is 0. The summed E-state index contributed by atoms with van der Waals surface area (Å²) in [6, 6.07) is 0. The van der Waals surface area contributed by atoms with Gasteiger partial charge in [-0.3, -0.25) is 0 Å². The molecule has 0 aromatic carbocycles. The molecule has 3 atom stereocenters. The van der Waals surface area contributed by atoms with Gasteiger partial charge in [0.1, 0.15) is 0 Å². The van der Waals surface area contributed by atoms with Gasteiger partial charge >= 0.3 is 0 Å². The minimum atomic E-state index is -3.24. The van der Waals surface area contributed by atoms with Crippen LogP contribution in [0.1, 0.15) is 25.7 Å². The van der Waals surface area contributed by atoms with E-state index in [4.69, 9.17) is 0 Å². The number of piperazine rings is 1. The van der Waals surface area contributed by atoms with Crippen molar-refractivity contribution in [1.82, 2.24) is 14.3 Å². The van der Waals surface area contributed by atoms with Crippen molar-refractivity contribution in [3.05, 3.63) is 0 Å². The summed E-state index contributed by atoms with van der Waals surface area (Å²) in [6.07, 6.45) is 5.24. The molecule has 1 heterocycles. The Morgan fingerprint density at radius 3 is 2.56 bits per heavy atom. The molecular formula is C12H23N3O2S. The highest BCUT2D eigenvalue weighted by molar-refractivity contribution is 7.87. The van der Waals surface area contributed by atoms with Crippen molar-refractivity contribution in [2.75, 3.05) is 32.7 Å². The second kappa shape index (κ2) is 5.07. The normalized spacial score (nSPS) is 37.2.